The van der Waals surface area contributed by atoms with Crippen molar-refractivity contribution < 1.29 is 4.42 Å². The van der Waals surface area contributed by atoms with Crippen molar-refractivity contribution in [2.24, 2.45) is 5.73 Å². The van der Waals surface area contributed by atoms with Crippen LogP contribution in [0.2, 0.25) is 0 Å². The van der Waals surface area contributed by atoms with Crippen molar-refractivity contribution in [2.75, 3.05) is 0 Å². The van der Waals surface area contributed by atoms with Gasteiger partial charge < -0.3 is 10.2 Å². The number of allylic oxidation sites excluding steroid dienone is 1. The molecule has 0 radical (unpaired) electrons. The Morgan fingerprint density at radius 1 is 1.69 bits per heavy atom. The van der Waals surface area contributed by atoms with Crippen LogP contribution in [0.3, 0.4) is 0 Å². The van der Waals surface area contributed by atoms with Crippen molar-refractivity contribution in [1.29, 1.82) is 0 Å². The number of hydrogen-bond donors (Lipinski definition) is 1. The van der Waals surface area contributed by atoms with Crippen molar-refractivity contribution in [1.82, 2.24) is 0 Å². The molecule has 0 aliphatic rings. The molecule has 0 saturated carbocycles. The van der Waals surface area contributed by atoms with Crippen LogP contribution in [-0.4, -0.2) is 0 Å². The van der Waals surface area contributed by atoms with Gasteiger partial charge in [0.05, 0.1) is 12.3 Å². The molecule has 0 saturated heterocycles. The van der Waals surface area contributed by atoms with Crippen LogP contribution in [0.15, 0.2) is 29.4 Å². The molecule has 1 aromatic rings. The van der Waals surface area contributed by atoms with Gasteiger partial charge in [-0.1, -0.05) is 6.08 Å². The Morgan fingerprint density at radius 2 is 2.46 bits per heavy atom. The molecule has 1 atom stereocenters. The quantitative estimate of drug-likeness (QED) is 0.557. The highest BCUT2D eigenvalue weighted by Gasteiger charge is 2.10. The second-order valence-corrected chi connectivity index (χ2v) is 3.29. The van der Waals surface area contributed by atoms with E-state index in [0.717, 1.165) is 30.6 Å². The van der Waals surface area contributed by atoms with Gasteiger partial charge in [0, 0.05) is 0 Å². The third-order valence-corrected chi connectivity index (χ3v) is 2.16. The smallest absolute Gasteiger partial charge is 0.123 e. The van der Waals surface area contributed by atoms with Crippen molar-refractivity contribution in [3.8, 4) is 0 Å². The van der Waals surface area contributed by atoms with Crippen LogP contribution in [0.5, 0.6) is 0 Å². The maximum absolute atomic E-state index is 5.95. The van der Waals surface area contributed by atoms with E-state index in [-0.39, 0.29) is 6.04 Å². The van der Waals surface area contributed by atoms with E-state index in [1.165, 1.54) is 0 Å². The Balaban J connectivity index is 2.44. The SMILES string of the molecule is C=CCCCC(N)c1occc1C. The van der Waals surface area contributed by atoms with Crippen molar-refractivity contribution in [2.45, 2.75) is 32.2 Å². The van der Waals surface area contributed by atoms with Crippen LogP contribution in [0.1, 0.15) is 36.6 Å². The summed E-state index contributed by atoms with van der Waals surface area (Å²) >= 11 is 0. The number of aryl methyl sites for hydroxylation is 1. The second-order valence-electron chi connectivity index (χ2n) is 3.29. The molecule has 0 amide bonds. The average molecular weight is 179 g/mol. The number of furan rings is 1. The number of nitrogens with two attached hydrogens (primary N) is 1. The first kappa shape index (κ1) is 10.1. The maximum Gasteiger partial charge on any atom is 0.123 e. The average Bonchev–Trinajstić information content (AvgIpc) is 2.52. The summed E-state index contributed by atoms with van der Waals surface area (Å²) in [5.41, 5.74) is 7.10. The van der Waals surface area contributed by atoms with Gasteiger partial charge in [0.1, 0.15) is 5.76 Å². The molecule has 0 aliphatic heterocycles. The minimum atomic E-state index is 0.0370. The molecule has 1 unspecified atom stereocenters. The fraction of sp³-hybridized carbons (Fsp3) is 0.455. The molecule has 1 heterocycles. The molecular weight excluding hydrogens is 162 g/mol. The zero-order chi connectivity index (χ0) is 9.68. The first-order chi connectivity index (χ1) is 6.25. The zero-order valence-corrected chi connectivity index (χ0v) is 8.12. The molecule has 72 valence electrons. The Kier molecular flexibility index (Phi) is 3.77. The van der Waals surface area contributed by atoms with Gasteiger partial charge in [-0.25, -0.2) is 0 Å². The predicted octanol–water partition coefficient (Wildman–Crippen LogP) is 2.94. The molecular formula is C11H17NO. The van der Waals surface area contributed by atoms with Crippen LogP contribution < -0.4 is 5.73 Å². The highest BCUT2D eigenvalue weighted by molar-refractivity contribution is 5.17. The lowest BCUT2D eigenvalue weighted by Gasteiger charge is -2.08. The molecule has 0 fully saturated rings. The van der Waals surface area contributed by atoms with E-state index in [1.54, 1.807) is 6.26 Å². The van der Waals surface area contributed by atoms with Gasteiger partial charge in [0.2, 0.25) is 0 Å². The van der Waals surface area contributed by atoms with Gasteiger partial charge in [-0.3, -0.25) is 0 Å². The lowest BCUT2D eigenvalue weighted by atomic mass is 10.1. The highest BCUT2D eigenvalue weighted by atomic mass is 16.3. The minimum absolute atomic E-state index is 0.0370. The first-order valence-electron chi connectivity index (χ1n) is 4.66. The van der Waals surface area contributed by atoms with E-state index < -0.39 is 0 Å². The standard InChI is InChI=1S/C11H17NO/c1-3-4-5-6-10(12)11-9(2)7-8-13-11/h3,7-8,10H,1,4-6,12H2,2H3. The fourth-order valence-electron chi connectivity index (χ4n) is 1.38. The normalized spacial score (nSPS) is 12.8. The third-order valence-electron chi connectivity index (χ3n) is 2.16. The van der Waals surface area contributed by atoms with E-state index in [9.17, 15) is 0 Å². The maximum atomic E-state index is 5.95. The molecule has 0 aliphatic carbocycles. The summed E-state index contributed by atoms with van der Waals surface area (Å²) in [5.74, 6) is 0.920. The predicted molar refractivity (Wildman–Crippen MR) is 54.4 cm³/mol. The summed E-state index contributed by atoms with van der Waals surface area (Å²) in [5, 5.41) is 0. The number of hydrogen-bond acceptors (Lipinski definition) is 2. The van der Waals surface area contributed by atoms with Crippen molar-refractivity contribution >= 4 is 0 Å². The molecule has 0 aromatic carbocycles. The molecule has 13 heavy (non-hydrogen) atoms. The number of unbranched alkanes of at least 4 members (excludes halogenated alkanes) is 1. The molecule has 2 nitrogen and oxygen atoms in total. The molecule has 0 spiro atoms. The molecule has 1 rings (SSSR count). The molecule has 0 bridgehead atoms. The summed E-state index contributed by atoms with van der Waals surface area (Å²) in [4.78, 5) is 0. The number of rotatable bonds is 5. The third kappa shape index (κ3) is 2.74. The van der Waals surface area contributed by atoms with E-state index >= 15 is 0 Å². The van der Waals surface area contributed by atoms with E-state index in [0.29, 0.717) is 0 Å². The van der Waals surface area contributed by atoms with E-state index in [2.05, 4.69) is 6.58 Å². The van der Waals surface area contributed by atoms with Crippen molar-refractivity contribution in [3.05, 3.63) is 36.3 Å². The Bertz CT molecular complexity index is 265. The summed E-state index contributed by atoms with van der Waals surface area (Å²) in [6.07, 6.45) is 6.67. The topological polar surface area (TPSA) is 39.2 Å². The van der Waals surface area contributed by atoms with Crippen LogP contribution in [-0.2, 0) is 0 Å². The summed E-state index contributed by atoms with van der Waals surface area (Å²) in [7, 11) is 0. The zero-order valence-electron chi connectivity index (χ0n) is 8.12. The van der Waals surface area contributed by atoms with Crippen molar-refractivity contribution in [3.63, 3.8) is 0 Å². The Hall–Kier alpha value is -1.02. The lowest BCUT2D eigenvalue weighted by Crippen LogP contribution is -2.10. The second kappa shape index (κ2) is 4.87. The van der Waals surface area contributed by atoms with Gasteiger partial charge in [0.25, 0.3) is 0 Å². The monoisotopic (exact) mass is 179 g/mol. The largest absolute Gasteiger partial charge is 0.467 e. The highest BCUT2D eigenvalue weighted by Crippen LogP contribution is 2.20. The Labute approximate surface area is 79.4 Å². The van der Waals surface area contributed by atoms with Gasteiger partial charge in [-0.15, -0.1) is 6.58 Å². The van der Waals surface area contributed by atoms with Gasteiger partial charge in [-0.2, -0.15) is 0 Å². The first-order valence-corrected chi connectivity index (χ1v) is 4.66. The van der Waals surface area contributed by atoms with Crippen LogP contribution in [0, 0.1) is 6.92 Å². The summed E-state index contributed by atoms with van der Waals surface area (Å²) in [6.45, 7) is 5.69. The van der Waals surface area contributed by atoms with Gasteiger partial charge in [-0.05, 0) is 37.8 Å². The van der Waals surface area contributed by atoms with Gasteiger partial charge in [0.15, 0.2) is 0 Å². The van der Waals surface area contributed by atoms with Crippen LogP contribution >= 0.6 is 0 Å². The minimum Gasteiger partial charge on any atom is -0.467 e. The van der Waals surface area contributed by atoms with E-state index in [1.807, 2.05) is 19.1 Å². The van der Waals surface area contributed by atoms with Crippen LogP contribution in [0.4, 0.5) is 0 Å². The Morgan fingerprint density at radius 3 is 3.00 bits per heavy atom. The van der Waals surface area contributed by atoms with E-state index in [4.69, 9.17) is 10.2 Å². The summed E-state index contributed by atoms with van der Waals surface area (Å²) < 4.78 is 5.31. The molecule has 2 heteroatoms. The molecule has 1 aromatic heterocycles. The van der Waals surface area contributed by atoms with Crippen LogP contribution in [0.25, 0.3) is 0 Å². The van der Waals surface area contributed by atoms with Gasteiger partial charge >= 0.3 is 0 Å². The summed E-state index contributed by atoms with van der Waals surface area (Å²) in [6, 6.07) is 1.98. The fourth-order valence-corrected chi connectivity index (χ4v) is 1.38. The molecule has 2 N–H and O–H groups in total. The lowest BCUT2D eigenvalue weighted by molar-refractivity contribution is 0.444.